The Labute approximate surface area is 146 Å². The molecule has 1 heterocycles. The van der Waals surface area contributed by atoms with Crippen LogP contribution in [-0.2, 0) is 9.53 Å². The number of allylic oxidation sites excluding steroid dienone is 1. The first-order valence-electron chi connectivity index (χ1n) is 7.88. The number of nitrogens with one attached hydrogen (secondary N) is 2. The summed E-state index contributed by atoms with van der Waals surface area (Å²) in [5.74, 6) is 0.580. The van der Waals surface area contributed by atoms with Gasteiger partial charge in [0.1, 0.15) is 6.61 Å². The molecule has 2 N–H and O–H groups in total. The average molecular weight is 346 g/mol. The van der Waals surface area contributed by atoms with Gasteiger partial charge >= 0.3 is 12.0 Å². The van der Waals surface area contributed by atoms with Gasteiger partial charge in [0.15, 0.2) is 11.5 Å². The number of urea groups is 1. The highest BCUT2D eigenvalue weighted by Crippen LogP contribution is 2.34. The van der Waals surface area contributed by atoms with Crippen LogP contribution >= 0.6 is 0 Å². The number of esters is 1. The maximum absolute atomic E-state index is 12.4. The van der Waals surface area contributed by atoms with Gasteiger partial charge in [-0.1, -0.05) is 18.7 Å². The first-order valence-corrected chi connectivity index (χ1v) is 7.88. The fraction of sp³-hybridized carbons (Fsp3) is 0.333. The predicted molar refractivity (Wildman–Crippen MR) is 92.4 cm³/mol. The minimum Gasteiger partial charge on any atom is -0.493 e. The van der Waals surface area contributed by atoms with Gasteiger partial charge in [-0.15, -0.1) is 0 Å². The van der Waals surface area contributed by atoms with Crippen LogP contribution in [-0.4, -0.2) is 32.3 Å². The molecule has 0 saturated heterocycles. The maximum Gasteiger partial charge on any atom is 0.338 e. The van der Waals surface area contributed by atoms with Crippen molar-refractivity contribution in [3.05, 3.63) is 47.7 Å². The summed E-state index contributed by atoms with van der Waals surface area (Å²) in [5.41, 5.74) is 1.45. The third kappa shape index (κ3) is 4.12. The van der Waals surface area contributed by atoms with Gasteiger partial charge in [0.05, 0.1) is 25.3 Å². The zero-order chi connectivity index (χ0) is 18.4. The minimum atomic E-state index is -0.657. The van der Waals surface area contributed by atoms with E-state index in [1.807, 2.05) is 6.92 Å². The third-order valence-electron chi connectivity index (χ3n) is 3.64. The topological polar surface area (TPSA) is 85.9 Å². The molecule has 0 aromatic heterocycles. The van der Waals surface area contributed by atoms with Crippen LogP contribution in [0.1, 0.15) is 25.5 Å². The van der Waals surface area contributed by atoms with E-state index >= 15 is 0 Å². The van der Waals surface area contributed by atoms with Crippen LogP contribution in [0.25, 0.3) is 0 Å². The molecule has 0 saturated carbocycles. The molecule has 0 aliphatic carbocycles. The van der Waals surface area contributed by atoms with Crippen LogP contribution < -0.4 is 20.1 Å². The Morgan fingerprint density at radius 2 is 2.12 bits per heavy atom. The molecule has 2 rings (SSSR count). The second-order valence-electron chi connectivity index (χ2n) is 5.30. The highest BCUT2D eigenvalue weighted by molar-refractivity contribution is 5.95. The summed E-state index contributed by atoms with van der Waals surface area (Å²) in [7, 11) is 1.53. The molecule has 1 aliphatic heterocycles. The zero-order valence-corrected chi connectivity index (χ0v) is 14.5. The summed E-state index contributed by atoms with van der Waals surface area (Å²) in [6.45, 7) is 7.64. The van der Waals surface area contributed by atoms with Crippen molar-refractivity contribution in [1.82, 2.24) is 10.6 Å². The minimum absolute atomic E-state index is 0.0862. The van der Waals surface area contributed by atoms with Gasteiger partial charge in [-0.05, 0) is 31.5 Å². The molecule has 0 fully saturated rings. The van der Waals surface area contributed by atoms with Gasteiger partial charge in [-0.25, -0.2) is 9.59 Å². The van der Waals surface area contributed by atoms with Crippen molar-refractivity contribution in [1.29, 1.82) is 0 Å². The van der Waals surface area contributed by atoms with Gasteiger partial charge in [-0.3, -0.25) is 0 Å². The molecule has 1 aromatic rings. The quantitative estimate of drug-likeness (QED) is 0.585. The van der Waals surface area contributed by atoms with Crippen LogP contribution in [0.3, 0.4) is 0 Å². The van der Waals surface area contributed by atoms with Gasteiger partial charge in [-0.2, -0.15) is 0 Å². The summed E-state index contributed by atoms with van der Waals surface area (Å²) >= 11 is 0. The molecule has 1 aromatic carbocycles. The van der Waals surface area contributed by atoms with Crippen molar-refractivity contribution in [3.8, 4) is 11.5 Å². The van der Waals surface area contributed by atoms with Crippen molar-refractivity contribution in [2.24, 2.45) is 0 Å². The van der Waals surface area contributed by atoms with E-state index in [1.54, 1.807) is 25.1 Å². The fourth-order valence-corrected chi connectivity index (χ4v) is 2.57. The molecule has 0 radical (unpaired) electrons. The van der Waals surface area contributed by atoms with Crippen molar-refractivity contribution >= 4 is 12.0 Å². The summed E-state index contributed by atoms with van der Waals surface area (Å²) in [5, 5.41) is 5.34. The molecule has 134 valence electrons. The molecule has 1 atom stereocenters. The standard InChI is InChI=1S/C18H22N2O5/c1-5-9-25-17(21)15-11(3)19-18(22)20-16(15)12-7-8-13(24-6-2)14(10-12)23-4/h5,7-8,10,16H,1,6,9H2,2-4H3,(H2,19,20,22)/t16-/m0/s1. The number of hydrogen-bond acceptors (Lipinski definition) is 5. The Morgan fingerprint density at radius 1 is 1.36 bits per heavy atom. The molecule has 0 unspecified atom stereocenters. The monoisotopic (exact) mass is 346 g/mol. The predicted octanol–water partition coefficient (Wildman–Crippen LogP) is 2.45. The zero-order valence-electron chi connectivity index (χ0n) is 14.5. The summed E-state index contributed by atoms with van der Waals surface area (Å²) in [4.78, 5) is 24.3. The van der Waals surface area contributed by atoms with Crippen LogP contribution in [0.15, 0.2) is 42.1 Å². The van der Waals surface area contributed by atoms with Crippen LogP contribution in [0.4, 0.5) is 4.79 Å². The van der Waals surface area contributed by atoms with Gasteiger partial charge < -0.3 is 24.8 Å². The number of rotatable bonds is 7. The number of carbonyl (C=O) groups is 2. The van der Waals surface area contributed by atoms with E-state index in [9.17, 15) is 9.59 Å². The smallest absolute Gasteiger partial charge is 0.338 e. The second-order valence-corrected chi connectivity index (χ2v) is 5.30. The number of benzene rings is 1. The molecule has 25 heavy (non-hydrogen) atoms. The summed E-state index contributed by atoms with van der Waals surface area (Å²) in [6, 6.07) is 4.20. The Balaban J connectivity index is 2.43. The van der Waals surface area contributed by atoms with E-state index in [0.29, 0.717) is 34.9 Å². The molecule has 1 aliphatic rings. The number of carbonyl (C=O) groups excluding carboxylic acids is 2. The number of amides is 2. The molecule has 7 heteroatoms. The van der Waals surface area contributed by atoms with Crippen LogP contribution in [0.5, 0.6) is 11.5 Å². The normalized spacial score (nSPS) is 16.6. The Bertz CT molecular complexity index is 711. The molecule has 0 spiro atoms. The van der Waals surface area contributed by atoms with E-state index < -0.39 is 18.0 Å². The second kappa shape index (κ2) is 8.23. The molecule has 7 nitrogen and oxygen atoms in total. The first kappa shape index (κ1) is 18.4. The maximum atomic E-state index is 12.4. The molecular formula is C18H22N2O5. The largest absolute Gasteiger partial charge is 0.493 e. The Hall–Kier alpha value is -2.96. The summed E-state index contributed by atoms with van der Waals surface area (Å²) < 4.78 is 16.0. The highest BCUT2D eigenvalue weighted by Gasteiger charge is 2.32. The van der Waals surface area contributed by atoms with E-state index in [2.05, 4.69) is 17.2 Å². The van der Waals surface area contributed by atoms with Crippen LogP contribution in [0, 0.1) is 0 Å². The van der Waals surface area contributed by atoms with E-state index in [-0.39, 0.29) is 6.61 Å². The molecular weight excluding hydrogens is 324 g/mol. The van der Waals surface area contributed by atoms with Crippen molar-refractivity contribution in [3.63, 3.8) is 0 Å². The van der Waals surface area contributed by atoms with Crippen molar-refractivity contribution in [2.75, 3.05) is 20.3 Å². The van der Waals surface area contributed by atoms with Crippen molar-refractivity contribution in [2.45, 2.75) is 19.9 Å². The van der Waals surface area contributed by atoms with Gasteiger partial charge in [0.2, 0.25) is 0 Å². The van der Waals surface area contributed by atoms with E-state index in [1.165, 1.54) is 13.2 Å². The van der Waals surface area contributed by atoms with E-state index in [4.69, 9.17) is 14.2 Å². The third-order valence-corrected chi connectivity index (χ3v) is 3.64. The number of hydrogen-bond donors (Lipinski definition) is 2. The highest BCUT2D eigenvalue weighted by atomic mass is 16.5. The number of ether oxygens (including phenoxy) is 3. The Kier molecular flexibility index (Phi) is 6.05. The number of methoxy groups -OCH3 is 1. The molecule has 0 bridgehead atoms. The van der Waals surface area contributed by atoms with Gasteiger partial charge in [0, 0.05) is 5.70 Å². The van der Waals surface area contributed by atoms with Crippen LogP contribution in [0.2, 0.25) is 0 Å². The lowest BCUT2D eigenvalue weighted by Crippen LogP contribution is -2.45. The average Bonchev–Trinajstić information content (AvgIpc) is 2.59. The first-order chi connectivity index (χ1) is 12.0. The lowest BCUT2D eigenvalue weighted by Gasteiger charge is -2.28. The Morgan fingerprint density at radius 3 is 2.76 bits per heavy atom. The SMILES string of the molecule is C=CCOC(=O)C1=C(C)NC(=O)N[C@H]1c1ccc(OCC)c(OC)c1. The lowest BCUT2D eigenvalue weighted by molar-refractivity contribution is -0.138. The molecule has 2 amide bonds. The fourth-order valence-electron chi connectivity index (χ4n) is 2.57. The lowest BCUT2D eigenvalue weighted by atomic mass is 9.95. The van der Waals surface area contributed by atoms with Gasteiger partial charge in [0.25, 0.3) is 0 Å². The van der Waals surface area contributed by atoms with E-state index in [0.717, 1.165) is 0 Å². The summed E-state index contributed by atoms with van der Waals surface area (Å²) in [6.07, 6.45) is 1.48. The van der Waals surface area contributed by atoms with Crippen molar-refractivity contribution < 1.29 is 23.8 Å².